The van der Waals surface area contributed by atoms with Gasteiger partial charge in [0, 0.05) is 21.5 Å². The molecule has 0 bridgehead atoms. The summed E-state index contributed by atoms with van der Waals surface area (Å²) in [4.78, 5) is 0. The van der Waals surface area contributed by atoms with Gasteiger partial charge in [-0.3, -0.25) is 0 Å². The first-order valence-corrected chi connectivity index (χ1v) is 12.1. The number of para-hydroxylation sites is 2. The molecule has 0 N–H and O–H groups in total. The van der Waals surface area contributed by atoms with Crippen LogP contribution in [0.25, 0.3) is 53.6 Å². The highest BCUT2D eigenvalue weighted by molar-refractivity contribution is 7.17. The van der Waals surface area contributed by atoms with Gasteiger partial charge in [-0.15, -0.1) is 0 Å². The van der Waals surface area contributed by atoms with Gasteiger partial charge in [0.25, 0.3) is 0 Å². The number of fused-ring (bicyclic) bond motifs is 6. The van der Waals surface area contributed by atoms with Crippen molar-refractivity contribution >= 4 is 54.9 Å². The summed E-state index contributed by atoms with van der Waals surface area (Å²) in [6, 6.07) is 35.5. The molecule has 3 heteroatoms. The van der Waals surface area contributed by atoms with Crippen LogP contribution in [0.5, 0.6) is 0 Å². The summed E-state index contributed by atoms with van der Waals surface area (Å²) in [5.74, 6) is 0. The largest absolute Gasteiger partial charge is 0.301 e. The van der Waals surface area contributed by atoms with Gasteiger partial charge in [0.15, 0.2) is 0 Å². The Balaban J connectivity index is 1.52. The molecule has 0 saturated carbocycles. The molecule has 0 radical (unpaired) electrons. The molecule has 0 aliphatic carbocycles. The maximum Gasteiger partial charge on any atom is 0.102 e. The van der Waals surface area contributed by atoms with Crippen molar-refractivity contribution in [3.8, 4) is 10.0 Å². The lowest BCUT2D eigenvalue weighted by molar-refractivity contribution is 1.22. The van der Waals surface area contributed by atoms with Gasteiger partial charge in [-0.2, -0.15) is 0 Å². The van der Waals surface area contributed by atoms with Crippen molar-refractivity contribution in [2.75, 3.05) is 0 Å². The first-order valence-electron chi connectivity index (χ1n) is 11.3. The molecule has 0 saturated heterocycles. The number of nitrogens with zero attached hydrogens (tertiary/aromatic N) is 2. The molecule has 2 nitrogen and oxygen atoms in total. The van der Waals surface area contributed by atoms with Crippen LogP contribution in [0.1, 0.15) is 11.1 Å². The molecule has 0 aliphatic rings. The molecule has 0 fully saturated rings. The minimum absolute atomic E-state index is 1.23. The average Bonchev–Trinajstić information content (AvgIpc) is 3.51. The Labute approximate surface area is 195 Å². The third-order valence-electron chi connectivity index (χ3n) is 6.67. The molecule has 158 valence electrons. The predicted molar refractivity (Wildman–Crippen MR) is 142 cm³/mol. The number of benzene rings is 4. The summed E-state index contributed by atoms with van der Waals surface area (Å²) in [6.45, 7) is 4.33. The highest BCUT2D eigenvalue weighted by Crippen LogP contribution is 2.39. The predicted octanol–water partition coefficient (Wildman–Crippen LogP) is 8.56. The molecule has 33 heavy (non-hydrogen) atoms. The Kier molecular flexibility index (Phi) is 3.88. The smallest absolute Gasteiger partial charge is 0.102 e. The van der Waals surface area contributed by atoms with Crippen molar-refractivity contribution in [2.24, 2.45) is 0 Å². The number of thiophene rings is 1. The van der Waals surface area contributed by atoms with E-state index in [2.05, 4.69) is 120 Å². The minimum Gasteiger partial charge on any atom is -0.301 e. The molecule has 0 unspecified atom stereocenters. The van der Waals surface area contributed by atoms with Crippen molar-refractivity contribution in [3.63, 3.8) is 0 Å². The van der Waals surface area contributed by atoms with E-state index < -0.39 is 0 Å². The van der Waals surface area contributed by atoms with Crippen LogP contribution in [0.3, 0.4) is 0 Å². The molecule has 0 atom stereocenters. The van der Waals surface area contributed by atoms with E-state index in [0.717, 1.165) is 0 Å². The van der Waals surface area contributed by atoms with Gasteiger partial charge >= 0.3 is 0 Å². The molecule has 7 rings (SSSR count). The summed E-state index contributed by atoms with van der Waals surface area (Å²) >= 11 is 1.84. The fourth-order valence-corrected chi connectivity index (χ4v) is 6.27. The van der Waals surface area contributed by atoms with Crippen molar-refractivity contribution in [3.05, 3.63) is 108 Å². The maximum atomic E-state index is 2.41. The van der Waals surface area contributed by atoms with Crippen molar-refractivity contribution in [1.82, 2.24) is 9.13 Å². The SMILES string of the molecule is Cc1ccc2c(c1)c1ccccc1n2-c1ccc(-n2c3ccccc3c3cc(C)ccc32)s1. The number of rotatable bonds is 2. The first-order chi connectivity index (χ1) is 16.2. The molecular weight excluding hydrogens is 420 g/mol. The van der Waals surface area contributed by atoms with Crippen LogP contribution in [0, 0.1) is 13.8 Å². The van der Waals surface area contributed by atoms with Crippen molar-refractivity contribution in [2.45, 2.75) is 13.8 Å². The third-order valence-corrected chi connectivity index (χ3v) is 7.73. The maximum absolute atomic E-state index is 2.41. The van der Waals surface area contributed by atoms with Crippen LogP contribution in [-0.2, 0) is 0 Å². The second kappa shape index (κ2) is 6.84. The van der Waals surface area contributed by atoms with Crippen LogP contribution in [0.2, 0.25) is 0 Å². The molecule has 0 aliphatic heterocycles. The van der Waals surface area contributed by atoms with Crippen molar-refractivity contribution in [1.29, 1.82) is 0 Å². The number of hydrogen-bond acceptors (Lipinski definition) is 1. The van der Waals surface area contributed by atoms with Crippen molar-refractivity contribution < 1.29 is 0 Å². The van der Waals surface area contributed by atoms with Gasteiger partial charge in [0.1, 0.15) is 10.0 Å². The lowest BCUT2D eigenvalue weighted by atomic mass is 10.1. The Bertz CT molecular complexity index is 1710. The molecule has 0 spiro atoms. The summed E-state index contributed by atoms with van der Waals surface area (Å²) in [5.41, 5.74) is 7.60. The lowest BCUT2D eigenvalue weighted by Crippen LogP contribution is -1.91. The second-order valence-corrected chi connectivity index (χ2v) is 9.90. The average molecular weight is 443 g/mol. The van der Waals surface area contributed by atoms with E-state index in [-0.39, 0.29) is 0 Å². The van der Waals surface area contributed by atoms with Gasteiger partial charge in [0.05, 0.1) is 22.1 Å². The van der Waals surface area contributed by atoms with Crippen LogP contribution >= 0.6 is 11.3 Å². The lowest BCUT2D eigenvalue weighted by Gasteiger charge is -2.06. The minimum atomic E-state index is 1.23. The van der Waals surface area contributed by atoms with E-state index in [4.69, 9.17) is 0 Å². The van der Waals surface area contributed by atoms with Crippen LogP contribution in [-0.4, -0.2) is 9.13 Å². The highest BCUT2D eigenvalue weighted by atomic mass is 32.1. The van der Waals surface area contributed by atoms with Gasteiger partial charge < -0.3 is 9.13 Å². The Morgan fingerprint density at radius 3 is 1.36 bits per heavy atom. The fraction of sp³-hybridized carbons (Fsp3) is 0.0667. The zero-order valence-electron chi connectivity index (χ0n) is 18.5. The zero-order valence-corrected chi connectivity index (χ0v) is 19.4. The molecule has 4 aromatic carbocycles. The molecular formula is C30H22N2S. The van der Waals surface area contributed by atoms with E-state index in [1.807, 2.05) is 11.3 Å². The van der Waals surface area contributed by atoms with E-state index in [1.165, 1.54) is 64.7 Å². The van der Waals surface area contributed by atoms with Gasteiger partial charge in [-0.1, -0.05) is 71.0 Å². The Hall–Kier alpha value is -3.82. The van der Waals surface area contributed by atoms with Crippen LogP contribution < -0.4 is 0 Å². The van der Waals surface area contributed by atoms with E-state index in [9.17, 15) is 0 Å². The van der Waals surface area contributed by atoms with Gasteiger partial charge in [0.2, 0.25) is 0 Å². The Morgan fingerprint density at radius 2 is 0.879 bits per heavy atom. The number of aromatic nitrogens is 2. The van der Waals surface area contributed by atoms with Crippen LogP contribution in [0.15, 0.2) is 97.1 Å². The summed E-state index contributed by atoms with van der Waals surface area (Å²) in [5, 5.41) is 7.70. The highest BCUT2D eigenvalue weighted by Gasteiger charge is 2.17. The normalized spacial score (nSPS) is 11.9. The van der Waals surface area contributed by atoms with E-state index >= 15 is 0 Å². The molecule has 3 heterocycles. The molecule has 7 aromatic rings. The summed E-state index contributed by atoms with van der Waals surface area (Å²) < 4.78 is 4.83. The number of hydrogen-bond donors (Lipinski definition) is 0. The number of aryl methyl sites for hydroxylation is 2. The van der Waals surface area contributed by atoms with Gasteiger partial charge in [-0.25, -0.2) is 0 Å². The summed E-state index contributed by atoms with van der Waals surface area (Å²) in [6.07, 6.45) is 0. The van der Waals surface area contributed by atoms with E-state index in [0.29, 0.717) is 0 Å². The Morgan fingerprint density at radius 1 is 0.455 bits per heavy atom. The third kappa shape index (κ3) is 2.66. The molecule has 0 amide bonds. The quantitative estimate of drug-likeness (QED) is 0.254. The summed E-state index contributed by atoms with van der Waals surface area (Å²) in [7, 11) is 0. The van der Waals surface area contributed by atoms with Crippen LogP contribution in [0.4, 0.5) is 0 Å². The van der Waals surface area contributed by atoms with E-state index in [1.54, 1.807) is 0 Å². The standard InChI is InChI=1S/C30H22N2S/c1-19-11-13-27-23(17-19)21-7-3-5-9-25(21)31(27)29-15-16-30(33-29)32-26-10-6-4-8-22(26)24-18-20(2)12-14-28(24)32/h3-18H,1-2H3. The zero-order chi connectivity index (χ0) is 22.1. The first kappa shape index (κ1) is 18.7. The molecule has 3 aromatic heterocycles. The fourth-order valence-electron chi connectivity index (χ4n) is 5.21. The second-order valence-electron chi connectivity index (χ2n) is 8.86. The topological polar surface area (TPSA) is 9.86 Å². The monoisotopic (exact) mass is 442 g/mol. The van der Waals surface area contributed by atoms with Gasteiger partial charge in [-0.05, 0) is 62.4 Å².